The number of hydrogen-bond donors (Lipinski definition) is 2. The van der Waals surface area contributed by atoms with Crippen LogP contribution >= 0.6 is 0 Å². The molecule has 1 rings (SSSR count). The van der Waals surface area contributed by atoms with Crippen molar-refractivity contribution < 1.29 is 0 Å². The lowest BCUT2D eigenvalue weighted by Gasteiger charge is -1.97. The lowest BCUT2D eigenvalue weighted by Crippen LogP contribution is -2.16. The Bertz CT molecular complexity index is 188. The van der Waals surface area contributed by atoms with E-state index in [0.29, 0.717) is 6.54 Å². The number of nitrogens with two attached hydrogens (primary N) is 1. The number of rotatable bonds is 2. The molecule has 0 aliphatic rings. The molecule has 0 unspecified atom stereocenters. The quantitative estimate of drug-likeness (QED) is 0.434. The van der Waals surface area contributed by atoms with Crippen molar-refractivity contribution in [2.45, 2.75) is 6.54 Å². The molecule has 0 aliphatic heterocycles. The maximum Gasteiger partial charge on any atom is 0.111 e. The topological polar surface area (TPSA) is 54.8 Å². The van der Waals surface area contributed by atoms with Gasteiger partial charge in [0.25, 0.3) is 0 Å². The average molecular weight is 123 g/mol. The van der Waals surface area contributed by atoms with Gasteiger partial charge in [-0.3, -0.25) is 5.41 Å². The maximum atomic E-state index is 6.93. The third-order valence-electron chi connectivity index (χ3n) is 1.02. The van der Waals surface area contributed by atoms with Crippen LogP contribution in [0.4, 0.5) is 0 Å². The third-order valence-corrected chi connectivity index (χ3v) is 1.02. The molecule has 0 amide bonds. The lowest BCUT2D eigenvalue weighted by atomic mass is 10.6. The minimum atomic E-state index is 0.186. The Balaban J connectivity index is 2.58. The van der Waals surface area contributed by atoms with Gasteiger partial charge in [0.2, 0.25) is 0 Å². The van der Waals surface area contributed by atoms with Crippen molar-refractivity contribution in [1.82, 2.24) is 4.57 Å². The fourth-order valence-electron chi connectivity index (χ4n) is 0.672. The Morgan fingerprint density at radius 3 is 2.44 bits per heavy atom. The van der Waals surface area contributed by atoms with Gasteiger partial charge in [-0.25, -0.2) is 0 Å². The Hall–Kier alpha value is -1.25. The highest BCUT2D eigenvalue weighted by molar-refractivity contribution is 5.76. The number of hydrogen-bond acceptors (Lipinski definition) is 1. The first-order chi connectivity index (χ1) is 4.29. The smallest absolute Gasteiger partial charge is 0.111 e. The molecule has 1 aromatic rings. The van der Waals surface area contributed by atoms with Gasteiger partial charge in [0.05, 0.1) is 6.54 Å². The standard InChI is InChI=1S/C6H9N3/c7-6(8)5-9-3-1-2-4-9/h1-4H,5H2,(H3,7,8). The predicted octanol–water partition coefficient (Wildman–Crippen LogP) is 0.424. The van der Waals surface area contributed by atoms with E-state index in [1.165, 1.54) is 0 Å². The summed E-state index contributed by atoms with van der Waals surface area (Å²) in [6, 6.07) is 3.81. The molecule has 0 aromatic carbocycles. The molecule has 48 valence electrons. The number of nitrogens with one attached hydrogen (secondary N) is 1. The molecule has 9 heavy (non-hydrogen) atoms. The summed E-state index contributed by atoms with van der Waals surface area (Å²) >= 11 is 0. The van der Waals surface area contributed by atoms with Crippen molar-refractivity contribution in [3.63, 3.8) is 0 Å². The number of amidine groups is 1. The number of nitrogens with zero attached hydrogens (tertiary/aromatic N) is 1. The highest BCUT2D eigenvalue weighted by Crippen LogP contribution is 1.87. The fraction of sp³-hybridized carbons (Fsp3) is 0.167. The first-order valence-electron chi connectivity index (χ1n) is 2.72. The zero-order valence-corrected chi connectivity index (χ0v) is 5.04. The van der Waals surface area contributed by atoms with Gasteiger partial charge < -0.3 is 10.3 Å². The molecule has 0 radical (unpaired) electrons. The molecule has 0 aliphatic carbocycles. The van der Waals surface area contributed by atoms with Crippen LogP contribution in [0.5, 0.6) is 0 Å². The summed E-state index contributed by atoms with van der Waals surface area (Å²) < 4.78 is 1.85. The summed E-state index contributed by atoms with van der Waals surface area (Å²) in [6.07, 6.45) is 3.75. The van der Waals surface area contributed by atoms with Crippen LogP contribution in [0.15, 0.2) is 24.5 Å². The molecule has 0 saturated heterocycles. The summed E-state index contributed by atoms with van der Waals surface area (Å²) in [6.45, 7) is 0.493. The van der Waals surface area contributed by atoms with Gasteiger partial charge in [0, 0.05) is 12.4 Å². The molecule has 3 N–H and O–H groups in total. The molecule has 3 heteroatoms. The van der Waals surface area contributed by atoms with Gasteiger partial charge in [0.15, 0.2) is 0 Å². The Morgan fingerprint density at radius 2 is 2.00 bits per heavy atom. The summed E-state index contributed by atoms with van der Waals surface area (Å²) in [5, 5.41) is 6.93. The van der Waals surface area contributed by atoms with E-state index in [0.717, 1.165) is 0 Å². The largest absolute Gasteiger partial charge is 0.386 e. The van der Waals surface area contributed by atoms with Crippen LogP contribution in [0.2, 0.25) is 0 Å². The molecule has 0 atom stereocenters. The SMILES string of the molecule is N=C(N)Cn1cccc1. The Kier molecular flexibility index (Phi) is 1.53. The Labute approximate surface area is 53.6 Å². The van der Waals surface area contributed by atoms with E-state index in [1.54, 1.807) is 0 Å². The second-order valence-corrected chi connectivity index (χ2v) is 1.88. The third kappa shape index (κ3) is 1.60. The molecule has 0 spiro atoms. The van der Waals surface area contributed by atoms with Crippen molar-refractivity contribution in [1.29, 1.82) is 5.41 Å². The molecular weight excluding hydrogens is 114 g/mol. The van der Waals surface area contributed by atoms with Gasteiger partial charge in [-0.05, 0) is 12.1 Å². The Morgan fingerprint density at radius 1 is 1.44 bits per heavy atom. The molecule has 0 saturated carbocycles. The zero-order valence-electron chi connectivity index (χ0n) is 5.04. The van der Waals surface area contributed by atoms with Crippen molar-refractivity contribution in [2.24, 2.45) is 5.73 Å². The zero-order chi connectivity index (χ0) is 6.69. The minimum Gasteiger partial charge on any atom is -0.386 e. The van der Waals surface area contributed by atoms with Crippen molar-refractivity contribution in [3.8, 4) is 0 Å². The normalized spacial score (nSPS) is 9.33. The fourth-order valence-corrected chi connectivity index (χ4v) is 0.672. The average Bonchev–Trinajstić information content (AvgIpc) is 2.15. The van der Waals surface area contributed by atoms with Crippen LogP contribution in [0, 0.1) is 5.41 Å². The van der Waals surface area contributed by atoms with Gasteiger partial charge >= 0.3 is 0 Å². The van der Waals surface area contributed by atoms with Gasteiger partial charge in [-0.15, -0.1) is 0 Å². The van der Waals surface area contributed by atoms with Crippen LogP contribution < -0.4 is 5.73 Å². The van der Waals surface area contributed by atoms with Crippen LogP contribution in [0.1, 0.15) is 0 Å². The van der Waals surface area contributed by atoms with Crippen molar-refractivity contribution in [3.05, 3.63) is 24.5 Å². The van der Waals surface area contributed by atoms with Crippen molar-refractivity contribution >= 4 is 5.84 Å². The maximum absolute atomic E-state index is 6.93. The molecule has 1 aromatic heterocycles. The van der Waals surface area contributed by atoms with Gasteiger partial charge in [-0.2, -0.15) is 0 Å². The summed E-state index contributed by atoms with van der Waals surface area (Å²) in [4.78, 5) is 0. The predicted molar refractivity (Wildman–Crippen MR) is 36.3 cm³/mol. The van der Waals surface area contributed by atoms with E-state index < -0.39 is 0 Å². The summed E-state index contributed by atoms with van der Waals surface area (Å²) in [7, 11) is 0. The first-order valence-corrected chi connectivity index (χ1v) is 2.72. The molecular formula is C6H9N3. The molecule has 0 bridgehead atoms. The van der Waals surface area contributed by atoms with E-state index >= 15 is 0 Å². The van der Waals surface area contributed by atoms with Crippen LogP contribution in [0.25, 0.3) is 0 Å². The van der Waals surface area contributed by atoms with Crippen LogP contribution in [0.3, 0.4) is 0 Å². The van der Waals surface area contributed by atoms with E-state index in [4.69, 9.17) is 11.1 Å². The lowest BCUT2D eigenvalue weighted by molar-refractivity contribution is 0.850. The highest BCUT2D eigenvalue weighted by Gasteiger charge is 1.87. The number of aromatic nitrogens is 1. The first kappa shape index (κ1) is 5.88. The van der Waals surface area contributed by atoms with E-state index in [2.05, 4.69) is 0 Å². The van der Waals surface area contributed by atoms with E-state index in [9.17, 15) is 0 Å². The molecule has 1 heterocycles. The summed E-state index contributed by atoms with van der Waals surface area (Å²) in [5.41, 5.74) is 5.15. The minimum absolute atomic E-state index is 0.186. The van der Waals surface area contributed by atoms with Crippen LogP contribution in [-0.4, -0.2) is 10.4 Å². The molecule has 3 nitrogen and oxygen atoms in total. The highest BCUT2D eigenvalue weighted by atomic mass is 15.0. The van der Waals surface area contributed by atoms with Gasteiger partial charge in [-0.1, -0.05) is 0 Å². The van der Waals surface area contributed by atoms with E-state index in [-0.39, 0.29) is 5.84 Å². The second kappa shape index (κ2) is 2.35. The second-order valence-electron chi connectivity index (χ2n) is 1.88. The summed E-state index contributed by atoms with van der Waals surface area (Å²) in [5.74, 6) is 0.186. The monoisotopic (exact) mass is 123 g/mol. The van der Waals surface area contributed by atoms with Crippen LogP contribution in [-0.2, 0) is 6.54 Å². The van der Waals surface area contributed by atoms with Crippen molar-refractivity contribution in [2.75, 3.05) is 0 Å². The molecule has 0 fully saturated rings. The van der Waals surface area contributed by atoms with Gasteiger partial charge in [0.1, 0.15) is 5.84 Å². The van der Waals surface area contributed by atoms with E-state index in [1.807, 2.05) is 29.1 Å².